The lowest BCUT2D eigenvalue weighted by atomic mass is 9.56. The van der Waals surface area contributed by atoms with Crippen LogP contribution in [0.2, 0.25) is 0 Å². The van der Waals surface area contributed by atoms with Crippen molar-refractivity contribution in [1.29, 1.82) is 0 Å². The molecule has 9 atom stereocenters. The van der Waals surface area contributed by atoms with E-state index < -0.39 is 40.3 Å². The summed E-state index contributed by atoms with van der Waals surface area (Å²) in [7, 11) is 0. The fourth-order valence-corrected chi connectivity index (χ4v) is 6.85. The molecule has 0 radical (unpaired) electrons. The topological polar surface area (TPSA) is 77.8 Å². The van der Waals surface area contributed by atoms with Crippen molar-refractivity contribution in [3.8, 4) is 0 Å². The van der Waals surface area contributed by atoms with Gasteiger partial charge in [0.15, 0.2) is 12.1 Å². The Morgan fingerprint density at radius 3 is 2.54 bits per heavy atom. The average molecular weight is 417 g/mol. The molecular weight excluding hydrogens is 386 g/mol. The summed E-state index contributed by atoms with van der Waals surface area (Å²) in [4.78, 5) is 11.7. The Balaban J connectivity index is 1.99. The summed E-state index contributed by atoms with van der Waals surface area (Å²) in [5.74, 6) is -1.15. The third kappa shape index (κ3) is 3.18. The molecule has 3 rings (SSSR count). The summed E-state index contributed by atoms with van der Waals surface area (Å²) in [5.41, 5.74) is -4.46. The van der Waals surface area contributed by atoms with Gasteiger partial charge < -0.3 is 15.3 Å². The second-order valence-corrected chi connectivity index (χ2v) is 9.91. The maximum Gasteiger partial charge on any atom is 0.196 e. The fraction of sp³-hybridized carbons (Fsp3) is 0.762. The molecule has 0 bridgehead atoms. The smallest absolute Gasteiger partial charge is 0.196 e. The normalized spacial score (nSPS) is 48.2. The molecule has 28 heavy (non-hydrogen) atoms. The summed E-state index contributed by atoms with van der Waals surface area (Å²) in [6, 6.07) is 0. The minimum absolute atomic E-state index is 0.163. The number of thiol groups is 1. The molecule has 2 fully saturated rings. The number of carbonyl (C=O) groups is 1. The molecule has 3 N–H and O–H groups in total. The lowest BCUT2D eigenvalue weighted by Crippen LogP contribution is -2.56. The molecule has 2 saturated carbocycles. The fourth-order valence-electron chi connectivity index (χ4n) is 6.30. The van der Waals surface area contributed by atoms with Gasteiger partial charge in [0, 0.05) is 17.3 Å². The molecule has 3 aliphatic rings. The highest BCUT2D eigenvalue weighted by atomic mass is 32.1. The Morgan fingerprint density at radius 2 is 1.96 bits per heavy atom. The number of aliphatic hydroxyl groups is 3. The lowest BCUT2D eigenvalue weighted by molar-refractivity contribution is -0.165. The van der Waals surface area contributed by atoms with E-state index in [9.17, 15) is 24.5 Å². The van der Waals surface area contributed by atoms with Crippen LogP contribution in [0.15, 0.2) is 23.8 Å². The van der Waals surface area contributed by atoms with Crippen molar-refractivity contribution >= 4 is 18.4 Å². The Hall–Kier alpha value is -0.760. The van der Waals surface area contributed by atoms with Crippen LogP contribution in [-0.4, -0.2) is 44.7 Å². The number of alkyl halides is 2. The molecular formula is C21H30F2O4S. The number of fused-ring (bicyclic) bond motifs is 1. The van der Waals surface area contributed by atoms with Crippen LogP contribution < -0.4 is 0 Å². The molecule has 0 aromatic heterocycles. The van der Waals surface area contributed by atoms with Crippen molar-refractivity contribution in [2.24, 2.45) is 28.6 Å². The summed E-state index contributed by atoms with van der Waals surface area (Å²) >= 11 is 4.07. The molecule has 0 amide bonds. The van der Waals surface area contributed by atoms with Crippen molar-refractivity contribution in [2.75, 3.05) is 0 Å². The van der Waals surface area contributed by atoms with Crippen LogP contribution in [0.25, 0.3) is 0 Å². The second-order valence-electron chi connectivity index (χ2n) is 9.42. The highest BCUT2D eigenvalue weighted by molar-refractivity contribution is 7.80. The van der Waals surface area contributed by atoms with Crippen molar-refractivity contribution < 1.29 is 28.9 Å². The first-order valence-corrected chi connectivity index (χ1v) is 10.4. The van der Waals surface area contributed by atoms with Gasteiger partial charge in [0.2, 0.25) is 0 Å². The number of rotatable bonds is 4. The van der Waals surface area contributed by atoms with Crippen molar-refractivity contribution in [3.63, 3.8) is 0 Å². The summed E-state index contributed by atoms with van der Waals surface area (Å²) < 4.78 is 28.8. The molecule has 0 heterocycles. The van der Waals surface area contributed by atoms with E-state index in [1.54, 1.807) is 19.9 Å². The van der Waals surface area contributed by atoms with Gasteiger partial charge in [-0.3, -0.25) is 4.79 Å². The number of ketones is 1. The predicted octanol–water partition coefficient (Wildman–Crippen LogP) is 3.13. The monoisotopic (exact) mass is 416 g/mol. The van der Waals surface area contributed by atoms with Crippen LogP contribution in [-0.2, 0) is 4.79 Å². The number of halogens is 2. The van der Waals surface area contributed by atoms with Gasteiger partial charge in [-0.2, -0.15) is 0 Å². The van der Waals surface area contributed by atoms with Crippen molar-refractivity contribution in [3.05, 3.63) is 23.8 Å². The predicted molar refractivity (Wildman–Crippen MR) is 105 cm³/mol. The van der Waals surface area contributed by atoms with E-state index in [-0.39, 0.29) is 30.5 Å². The van der Waals surface area contributed by atoms with Crippen LogP contribution in [0.3, 0.4) is 0 Å². The first-order valence-electron chi connectivity index (χ1n) is 9.85. The van der Waals surface area contributed by atoms with Gasteiger partial charge in [0.05, 0.1) is 0 Å². The van der Waals surface area contributed by atoms with Crippen LogP contribution in [0.5, 0.6) is 0 Å². The molecule has 4 unspecified atom stereocenters. The third-order valence-electron chi connectivity index (χ3n) is 7.75. The summed E-state index contributed by atoms with van der Waals surface area (Å²) in [5, 5.41) is 31.1. The number of allylic oxidation sites excluding steroid dienone is 4. The first kappa shape index (κ1) is 21.9. The zero-order chi connectivity index (χ0) is 21.1. The molecule has 0 spiro atoms. The van der Waals surface area contributed by atoms with Crippen LogP contribution in [0.1, 0.15) is 46.5 Å². The Bertz CT molecular complexity index is 709. The SMILES string of the molecule is C[C@@H]1CC(C2C[C@H](F)C3=CC(=O)C=C[C@]3(C)C2)[C@](C)(CC(O)F)[C@@]1(O)C(O)S. The van der Waals surface area contributed by atoms with Gasteiger partial charge in [-0.05, 0) is 54.7 Å². The number of carbonyl (C=O) groups excluding carboxylic acids is 1. The molecule has 158 valence electrons. The third-order valence-corrected chi connectivity index (χ3v) is 8.15. The van der Waals surface area contributed by atoms with E-state index in [0.717, 1.165) is 0 Å². The Morgan fingerprint density at radius 1 is 1.32 bits per heavy atom. The highest BCUT2D eigenvalue weighted by Crippen LogP contribution is 2.63. The lowest BCUT2D eigenvalue weighted by Gasteiger charge is -2.51. The van der Waals surface area contributed by atoms with Crippen LogP contribution >= 0.6 is 12.6 Å². The van der Waals surface area contributed by atoms with E-state index in [2.05, 4.69) is 12.6 Å². The maximum atomic E-state index is 15.1. The van der Waals surface area contributed by atoms with Crippen LogP contribution in [0.4, 0.5) is 8.78 Å². The molecule has 0 aromatic carbocycles. The van der Waals surface area contributed by atoms with E-state index in [4.69, 9.17) is 0 Å². The standard InChI is InChI=1S/C21H30F2O4S/c1-11-6-14(20(3,10-17(23)25)21(11,27)18(26)28)12-7-16(22)15-8-13(24)4-5-19(15,2)9-12/h4-5,8,11-12,14,16-18,25-28H,6-7,9-10H2,1-3H3/t11-,12?,14?,16+,17?,18?,19-,20+,21+/m1/s1. The maximum absolute atomic E-state index is 15.1. The van der Waals surface area contributed by atoms with Crippen molar-refractivity contribution in [1.82, 2.24) is 0 Å². The zero-order valence-electron chi connectivity index (χ0n) is 16.5. The van der Waals surface area contributed by atoms with E-state index in [1.807, 2.05) is 6.92 Å². The quantitative estimate of drug-likeness (QED) is 0.420. The molecule has 3 aliphatic carbocycles. The number of hydrogen-bond donors (Lipinski definition) is 4. The number of aliphatic hydroxyl groups excluding tert-OH is 2. The molecule has 7 heteroatoms. The minimum Gasteiger partial charge on any atom is -0.385 e. The molecule has 0 aromatic rings. The van der Waals surface area contributed by atoms with E-state index >= 15 is 4.39 Å². The minimum atomic E-state index is -2.17. The van der Waals surface area contributed by atoms with Gasteiger partial charge in [0.25, 0.3) is 0 Å². The Labute approximate surface area is 170 Å². The van der Waals surface area contributed by atoms with Gasteiger partial charge >= 0.3 is 0 Å². The largest absolute Gasteiger partial charge is 0.385 e. The van der Waals surface area contributed by atoms with Gasteiger partial charge in [0.1, 0.15) is 17.2 Å². The molecule has 4 nitrogen and oxygen atoms in total. The van der Waals surface area contributed by atoms with Gasteiger partial charge in [-0.25, -0.2) is 8.78 Å². The molecule has 0 aliphatic heterocycles. The number of hydrogen-bond acceptors (Lipinski definition) is 5. The van der Waals surface area contributed by atoms with E-state index in [1.165, 1.54) is 12.2 Å². The zero-order valence-corrected chi connectivity index (χ0v) is 17.4. The van der Waals surface area contributed by atoms with Gasteiger partial charge in [-0.1, -0.05) is 26.8 Å². The summed E-state index contributed by atoms with van der Waals surface area (Å²) in [6.07, 6.45) is 1.91. The van der Waals surface area contributed by atoms with Crippen molar-refractivity contribution in [2.45, 2.75) is 70.0 Å². The molecule has 0 saturated heterocycles. The van der Waals surface area contributed by atoms with E-state index in [0.29, 0.717) is 18.4 Å². The van der Waals surface area contributed by atoms with Crippen LogP contribution in [0, 0.1) is 28.6 Å². The average Bonchev–Trinajstić information content (AvgIpc) is 2.77. The second kappa shape index (κ2) is 7.18. The van der Waals surface area contributed by atoms with Gasteiger partial charge in [-0.15, -0.1) is 12.6 Å². The highest BCUT2D eigenvalue weighted by Gasteiger charge is 2.65. The summed E-state index contributed by atoms with van der Waals surface area (Å²) in [6.45, 7) is 5.31. The Kier molecular flexibility index (Phi) is 5.63. The first-order chi connectivity index (χ1) is 12.8.